The van der Waals surface area contributed by atoms with Crippen LogP contribution in [0, 0.1) is 6.92 Å². The molecule has 1 amide bonds. The van der Waals surface area contributed by atoms with E-state index in [9.17, 15) is 14.4 Å². The Morgan fingerprint density at radius 3 is 2.60 bits per heavy atom. The molecule has 0 saturated carbocycles. The van der Waals surface area contributed by atoms with Gasteiger partial charge < -0.3 is 24.7 Å². The van der Waals surface area contributed by atoms with Crippen LogP contribution in [-0.4, -0.2) is 30.1 Å². The van der Waals surface area contributed by atoms with Gasteiger partial charge in [-0.1, -0.05) is 18.2 Å². The Balaban J connectivity index is 2.21. The quantitative estimate of drug-likeness (QED) is 0.772. The molecular weight excluding hydrogens is 386 g/mol. The van der Waals surface area contributed by atoms with Crippen molar-refractivity contribution in [2.75, 3.05) is 18.6 Å². The number of carbonyl (C=O) groups is 2. The normalized spacial score (nSPS) is 19.6. The summed E-state index contributed by atoms with van der Waals surface area (Å²) in [7, 11) is 1.61. The van der Waals surface area contributed by atoms with E-state index in [0.717, 1.165) is 0 Å². The predicted molar refractivity (Wildman–Crippen MR) is 110 cm³/mol. The van der Waals surface area contributed by atoms with Crippen LogP contribution in [0.2, 0.25) is 0 Å². The number of benzene rings is 1. The standard InChI is InChI=1S/C22H23N3O5/c1-5-25-12(3)11-15-16(19(25)26)22(17(18(23)30-15)20(27)29-6-2)13-9-7-8-10-14(13)24(4)21(22)28/h7-11H,5-6,23H2,1-4H3/t22-/m0/s1. The third kappa shape index (κ3) is 2.30. The molecule has 2 aliphatic heterocycles. The number of aromatic nitrogens is 1. The molecule has 4 rings (SSSR count). The highest BCUT2D eigenvalue weighted by Gasteiger charge is 2.61. The van der Waals surface area contributed by atoms with Crippen LogP contribution in [-0.2, 0) is 26.3 Å². The van der Waals surface area contributed by atoms with Gasteiger partial charge in [0.2, 0.25) is 11.8 Å². The largest absolute Gasteiger partial charge is 0.462 e. The number of anilines is 1. The van der Waals surface area contributed by atoms with Gasteiger partial charge in [-0.2, -0.15) is 0 Å². The van der Waals surface area contributed by atoms with Crippen molar-refractivity contribution < 1.29 is 19.1 Å². The molecule has 0 aliphatic carbocycles. The van der Waals surface area contributed by atoms with Crippen molar-refractivity contribution in [1.82, 2.24) is 4.57 Å². The fourth-order valence-corrected chi connectivity index (χ4v) is 4.54. The number of fused-ring (bicyclic) bond motifs is 4. The topological polar surface area (TPSA) is 104 Å². The van der Waals surface area contributed by atoms with E-state index in [2.05, 4.69) is 0 Å². The molecule has 2 aliphatic rings. The molecule has 0 bridgehead atoms. The maximum atomic E-state index is 13.8. The number of ether oxygens (including phenoxy) is 2. The molecule has 1 aromatic heterocycles. The Kier molecular flexibility index (Phi) is 4.45. The number of hydrogen-bond donors (Lipinski definition) is 1. The summed E-state index contributed by atoms with van der Waals surface area (Å²) >= 11 is 0. The van der Waals surface area contributed by atoms with Crippen molar-refractivity contribution in [2.24, 2.45) is 5.73 Å². The Bertz CT molecular complexity index is 1180. The third-order valence-electron chi connectivity index (χ3n) is 5.78. The summed E-state index contributed by atoms with van der Waals surface area (Å²) in [5.41, 5.74) is 5.71. The maximum absolute atomic E-state index is 13.8. The molecule has 8 heteroatoms. The molecule has 30 heavy (non-hydrogen) atoms. The smallest absolute Gasteiger partial charge is 0.341 e. The van der Waals surface area contributed by atoms with Gasteiger partial charge in [0.25, 0.3) is 5.56 Å². The molecule has 0 fully saturated rings. The summed E-state index contributed by atoms with van der Waals surface area (Å²) in [5.74, 6) is -1.32. The van der Waals surface area contributed by atoms with E-state index < -0.39 is 22.9 Å². The summed E-state index contributed by atoms with van der Waals surface area (Å²) in [6.07, 6.45) is 0. The summed E-state index contributed by atoms with van der Waals surface area (Å²) in [6.45, 7) is 5.75. The fraction of sp³-hybridized carbons (Fsp3) is 0.318. The maximum Gasteiger partial charge on any atom is 0.341 e. The van der Waals surface area contributed by atoms with Gasteiger partial charge >= 0.3 is 5.97 Å². The number of carbonyl (C=O) groups excluding carboxylic acids is 2. The highest BCUT2D eigenvalue weighted by Crippen LogP contribution is 2.54. The summed E-state index contributed by atoms with van der Waals surface area (Å²) in [6, 6.07) is 8.72. The van der Waals surface area contributed by atoms with E-state index in [1.54, 1.807) is 55.8 Å². The molecule has 2 aromatic rings. The number of aryl methyl sites for hydroxylation is 1. The zero-order valence-electron chi connectivity index (χ0n) is 17.3. The molecule has 156 valence electrons. The van der Waals surface area contributed by atoms with E-state index in [-0.39, 0.29) is 29.4 Å². The van der Waals surface area contributed by atoms with Crippen molar-refractivity contribution in [3.8, 4) is 5.75 Å². The number of para-hydroxylation sites is 1. The van der Waals surface area contributed by atoms with E-state index in [1.807, 2.05) is 6.92 Å². The number of pyridine rings is 1. The average molecular weight is 409 g/mol. The predicted octanol–water partition coefficient (Wildman–Crippen LogP) is 1.56. The lowest BCUT2D eigenvalue weighted by molar-refractivity contribution is -0.140. The molecule has 1 spiro atoms. The van der Waals surface area contributed by atoms with Crippen molar-refractivity contribution >= 4 is 17.6 Å². The van der Waals surface area contributed by atoms with Crippen LogP contribution < -0.4 is 20.9 Å². The average Bonchev–Trinajstić information content (AvgIpc) is 2.91. The first-order chi connectivity index (χ1) is 14.3. The van der Waals surface area contributed by atoms with Gasteiger partial charge in [0.15, 0.2) is 0 Å². The second-order valence-electron chi connectivity index (χ2n) is 7.27. The van der Waals surface area contributed by atoms with Crippen LogP contribution >= 0.6 is 0 Å². The highest BCUT2D eigenvalue weighted by molar-refractivity contribution is 6.18. The van der Waals surface area contributed by atoms with Crippen LogP contribution in [0.15, 0.2) is 46.6 Å². The van der Waals surface area contributed by atoms with Gasteiger partial charge in [-0.25, -0.2) is 4.79 Å². The van der Waals surface area contributed by atoms with Crippen molar-refractivity contribution in [1.29, 1.82) is 0 Å². The van der Waals surface area contributed by atoms with Crippen molar-refractivity contribution in [2.45, 2.75) is 32.7 Å². The van der Waals surface area contributed by atoms with E-state index in [0.29, 0.717) is 23.5 Å². The zero-order valence-corrected chi connectivity index (χ0v) is 17.3. The molecule has 8 nitrogen and oxygen atoms in total. The zero-order chi connectivity index (χ0) is 21.8. The second kappa shape index (κ2) is 6.76. The highest BCUT2D eigenvalue weighted by atomic mass is 16.5. The molecular formula is C22H23N3O5. The molecule has 2 N–H and O–H groups in total. The number of nitrogens with zero attached hydrogens (tertiary/aromatic N) is 2. The van der Waals surface area contributed by atoms with Gasteiger partial charge in [0.1, 0.15) is 16.7 Å². The van der Waals surface area contributed by atoms with Crippen LogP contribution in [0.1, 0.15) is 30.7 Å². The number of likely N-dealkylation sites (N-methyl/N-ethyl adjacent to an activating group) is 1. The summed E-state index contributed by atoms with van der Waals surface area (Å²) < 4.78 is 12.5. The van der Waals surface area contributed by atoms with Crippen molar-refractivity contribution in [3.63, 3.8) is 0 Å². The Labute approximate surface area is 173 Å². The molecule has 0 saturated heterocycles. The van der Waals surface area contributed by atoms with Crippen LogP contribution in [0.25, 0.3) is 0 Å². The minimum absolute atomic E-state index is 0.0778. The molecule has 1 aromatic carbocycles. The minimum Gasteiger partial charge on any atom is -0.462 e. The monoisotopic (exact) mass is 409 g/mol. The Morgan fingerprint density at radius 2 is 1.93 bits per heavy atom. The summed E-state index contributed by atoms with van der Waals surface area (Å²) in [5, 5.41) is 0. The Hall–Kier alpha value is -3.55. The van der Waals surface area contributed by atoms with E-state index in [4.69, 9.17) is 15.2 Å². The molecule has 3 heterocycles. The van der Waals surface area contributed by atoms with Crippen LogP contribution in [0.4, 0.5) is 5.69 Å². The lowest BCUT2D eigenvalue weighted by atomic mass is 9.68. The third-order valence-corrected chi connectivity index (χ3v) is 5.78. The van der Waals surface area contributed by atoms with Gasteiger partial charge in [-0.3, -0.25) is 9.59 Å². The number of amides is 1. The lowest BCUT2D eigenvalue weighted by Crippen LogP contribution is -2.51. The van der Waals surface area contributed by atoms with Gasteiger partial charge in [0, 0.05) is 36.6 Å². The van der Waals surface area contributed by atoms with E-state index in [1.165, 1.54) is 4.90 Å². The van der Waals surface area contributed by atoms with Gasteiger partial charge in [-0.15, -0.1) is 0 Å². The van der Waals surface area contributed by atoms with Crippen molar-refractivity contribution in [3.05, 3.63) is 69.0 Å². The van der Waals surface area contributed by atoms with Gasteiger partial charge in [-0.05, 0) is 26.8 Å². The number of rotatable bonds is 3. The van der Waals surface area contributed by atoms with E-state index >= 15 is 0 Å². The lowest BCUT2D eigenvalue weighted by Gasteiger charge is -2.35. The van der Waals surface area contributed by atoms with Crippen LogP contribution in [0.3, 0.4) is 0 Å². The first-order valence-corrected chi connectivity index (χ1v) is 9.78. The van der Waals surface area contributed by atoms with Gasteiger partial charge in [0.05, 0.1) is 12.2 Å². The molecule has 1 atom stereocenters. The molecule has 0 unspecified atom stereocenters. The number of hydrogen-bond acceptors (Lipinski definition) is 6. The second-order valence-corrected chi connectivity index (χ2v) is 7.27. The number of esters is 1. The summed E-state index contributed by atoms with van der Waals surface area (Å²) in [4.78, 5) is 41.9. The first-order valence-electron chi connectivity index (χ1n) is 9.78. The van der Waals surface area contributed by atoms with Crippen LogP contribution in [0.5, 0.6) is 5.75 Å². The number of nitrogens with two attached hydrogens (primary N) is 1. The Morgan fingerprint density at radius 1 is 1.23 bits per heavy atom. The minimum atomic E-state index is -1.74. The fourth-order valence-electron chi connectivity index (χ4n) is 4.54. The first kappa shape index (κ1) is 19.8. The SMILES string of the molecule is CCOC(=O)C1=C(N)Oc2cc(C)n(CC)c(=O)c2[C@]12C(=O)N(C)c1ccccc12. The molecule has 0 radical (unpaired) electrons.